The summed E-state index contributed by atoms with van der Waals surface area (Å²) >= 11 is 0. The molecule has 3 rings (SSSR count). The highest BCUT2D eigenvalue weighted by atomic mass is 16.2. The average Bonchev–Trinajstić information content (AvgIpc) is 3.26. The highest BCUT2D eigenvalue weighted by Crippen LogP contribution is 2.32. The second-order valence-electron chi connectivity index (χ2n) is 4.46. The molecule has 0 saturated heterocycles. The summed E-state index contributed by atoms with van der Waals surface area (Å²) in [5, 5.41) is 0. The zero-order chi connectivity index (χ0) is 12.4. The zero-order valence-electron chi connectivity index (χ0n) is 9.99. The Hall–Kier alpha value is -2.16. The van der Waals surface area contributed by atoms with E-state index in [4.69, 9.17) is 0 Å². The molecule has 1 aromatic carbocycles. The Kier molecular flexibility index (Phi) is 2.81. The van der Waals surface area contributed by atoms with Crippen molar-refractivity contribution < 1.29 is 4.79 Å². The number of pyridine rings is 1. The predicted molar refractivity (Wildman–Crippen MR) is 70.5 cm³/mol. The van der Waals surface area contributed by atoms with Crippen LogP contribution in [0.3, 0.4) is 0 Å². The number of carbonyl (C=O) groups is 1. The number of anilines is 1. The van der Waals surface area contributed by atoms with E-state index in [1.165, 1.54) is 0 Å². The fourth-order valence-corrected chi connectivity index (χ4v) is 2.03. The molecule has 0 spiro atoms. The lowest BCUT2D eigenvalue weighted by molar-refractivity contribution is 0.0980. The predicted octanol–water partition coefficient (Wildman–Crippen LogP) is 2.89. The Bertz CT molecular complexity index is 535. The van der Waals surface area contributed by atoms with Crippen LogP contribution in [0.15, 0.2) is 54.7 Å². The maximum atomic E-state index is 12.5. The summed E-state index contributed by atoms with van der Waals surface area (Å²) in [7, 11) is 0. The minimum atomic E-state index is -0.00991. The molecule has 0 aliphatic heterocycles. The van der Waals surface area contributed by atoms with Crippen molar-refractivity contribution in [2.75, 3.05) is 4.90 Å². The fraction of sp³-hybridized carbons (Fsp3) is 0.200. The van der Waals surface area contributed by atoms with Crippen molar-refractivity contribution in [2.24, 2.45) is 0 Å². The van der Waals surface area contributed by atoms with Crippen molar-refractivity contribution in [3.63, 3.8) is 0 Å². The van der Waals surface area contributed by atoms with Gasteiger partial charge >= 0.3 is 0 Å². The van der Waals surface area contributed by atoms with Crippen LogP contribution in [0.4, 0.5) is 5.69 Å². The van der Waals surface area contributed by atoms with Gasteiger partial charge in [-0.15, -0.1) is 0 Å². The van der Waals surface area contributed by atoms with Gasteiger partial charge in [-0.05, 0) is 37.1 Å². The molecule has 1 amide bonds. The Morgan fingerprint density at radius 2 is 1.78 bits per heavy atom. The standard InChI is InChI=1S/C15H14N2O/c18-15(14-8-4-5-11-16-14)17(13-9-10-13)12-6-2-1-3-7-12/h1-8,11,13H,9-10H2. The van der Waals surface area contributed by atoms with Crippen LogP contribution in [0.25, 0.3) is 0 Å². The van der Waals surface area contributed by atoms with Gasteiger partial charge in [-0.1, -0.05) is 24.3 Å². The molecule has 0 radical (unpaired) electrons. The van der Waals surface area contributed by atoms with Gasteiger partial charge in [0.25, 0.3) is 5.91 Å². The van der Waals surface area contributed by atoms with E-state index in [9.17, 15) is 4.79 Å². The van der Waals surface area contributed by atoms with Crippen LogP contribution in [0, 0.1) is 0 Å². The first-order valence-corrected chi connectivity index (χ1v) is 6.16. The van der Waals surface area contributed by atoms with Crippen LogP contribution in [-0.2, 0) is 0 Å². The lowest BCUT2D eigenvalue weighted by Crippen LogP contribution is -2.33. The fourth-order valence-electron chi connectivity index (χ4n) is 2.03. The number of aromatic nitrogens is 1. The summed E-state index contributed by atoms with van der Waals surface area (Å²) in [6, 6.07) is 15.6. The molecule has 0 unspecified atom stereocenters. The lowest BCUT2D eigenvalue weighted by Gasteiger charge is -2.22. The normalized spacial score (nSPS) is 14.2. The molecule has 3 heteroatoms. The summed E-state index contributed by atoms with van der Waals surface area (Å²) in [5.41, 5.74) is 1.46. The van der Waals surface area contributed by atoms with Crippen molar-refractivity contribution >= 4 is 11.6 Å². The van der Waals surface area contributed by atoms with Gasteiger partial charge in [0, 0.05) is 17.9 Å². The maximum Gasteiger partial charge on any atom is 0.277 e. The molecule has 0 N–H and O–H groups in total. The Morgan fingerprint density at radius 1 is 1.06 bits per heavy atom. The van der Waals surface area contributed by atoms with Crippen LogP contribution in [0.1, 0.15) is 23.3 Å². The summed E-state index contributed by atoms with van der Waals surface area (Å²) in [5.74, 6) is -0.00991. The summed E-state index contributed by atoms with van der Waals surface area (Å²) in [6.45, 7) is 0. The third-order valence-electron chi connectivity index (χ3n) is 3.05. The molecular formula is C15H14N2O. The van der Waals surface area contributed by atoms with Gasteiger partial charge < -0.3 is 4.90 Å². The monoisotopic (exact) mass is 238 g/mol. The number of amides is 1. The second kappa shape index (κ2) is 4.61. The first kappa shape index (κ1) is 11.0. The summed E-state index contributed by atoms with van der Waals surface area (Å²) in [6.07, 6.45) is 3.81. The molecule has 18 heavy (non-hydrogen) atoms. The molecule has 0 atom stereocenters. The van der Waals surface area contributed by atoms with Gasteiger partial charge in [0.1, 0.15) is 5.69 Å². The minimum absolute atomic E-state index is 0.00991. The van der Waals surface area contributed by atoms with Gasteiger partial charge in [-0.3, -0.25) is 9.78 Å². The number of benzene rings is 1. The van der Waals surface area contributed by atoms with E-state index in [0.29, 0.717) is 11.7 Å². The van der Waals surface area contributed by atoms with E-state index in [0.717, 1.165) is 18.5 Å². The van der Waals surface area contributed by atoms with Crippen LogP contribution in [-0.4, -0.2) is 16.9 Å². The molecule has 1 aliphatic rings. The maximum absolute atomic E-state index is 12.5. The van der Waals surface area contributed by atoms with Gasteiger partial charge in [0.05, 0.1) is 0 Å². The molecule has 1 fully saturated rings. The van der Waals surface area contributed by atoms with Crippen molar-refractivity contribution in [2.45, 2.75) is 18.9 Å². The van der Waals surface area contributed by atoms with Crippen molar-refractivity contribution in [1.82, 2.24) is 4.98 Å². The highest BCUT2D eigenvalue weighted by Gasteiger charge is 2.34. The molecule has 2 aromatic rings. The van der Waals surface area contributed by atoms with Crippen LogP contribution >= 0.6 is 0 Å². The Balaban J connectivity index is 1.94. The first-order chi connectivity index (χ1) is 8.86. The van der Waals surface area contributed by atoms with E-state index < -0.39 is 0 Å². The number of carbonyl (C=O) groups excluding carboxylic acids is 1. The zero-order valence-corrected chi connectivity index (χ0v) is 9.99. The first-order valence-electron chi connectivity index (χ1n) is 6.16. The summed E-state index contributed by atoms with van der Waals surface area (Å²) < 4.78 is 0. The minimum Gasteiger partial charge on any atom is -0.304 e. The third-order valence-corrected chi connectivity index (χ3v) is 3.05. The van der Waals surface area contributed by atoms with Crippen molar-refractivity contribution in [1.29, 1.82) is 0 Å². The number of rotatable bonds is 3. The number of para-hydroxylation sites is 1. The van der Waals surface area contributed by atoms with E-state index >= 15 is 0 Å². The molecule has 3 nitrogen and oxygen atoms in total. The quantitative estimate of drug-likeness (QED) is 0.823. The molecule has 0 bridgehead atoms. The number of nitrogens with zero attached hydrogens (tertiary/aromatic N) is 2. The van der Waals surface area contributed by atoms with Crippen LogP contribution < -0.4 is 4.90 Å². The summed E-state index contributed by atoms with van der Waals surface area (Å²) in [4.78, 5) is 18.5. The largest absolute Gasteiger partial charge is 0.304 e. The van der Waals surface area contributed by atoms with E-state index in [1.807, 2.05) is 47.4 Å². The van der Waals surface area contributed by atoms with Crippen LogP contribution in [0.2, 0.25) is 0 Å². The topological polar surface area (TPSA) is 33.2 Å². The van der Waals surface area contributed by atoms with Gasteiger partial charge in [0.2, 0.25) is 0 Å². The molecule has 1 heterocycles. The average molecular weight is 238 g/mol. The van der Waals surface area contributed by atoms with Crippen molar-refractivity contribution in [3.05, 3.63) is 60.4 Å². The lowest BCUT2D eigenvalue weighted by atomic mass is 10.2. The number of hydrogen-bond acceptors (Lipinski definition) is 2. The van der Waals surface area contributed by atoms with E-state index in [1.54, 1.807) is 12.3 Å². The Labute approximate surface area is 106 Å². The molecule has 1 aromatic heterocycles. The highest BCUT2D eigenvalue weighted by molar-refractivity contribution is 6.05. The third kappa shape index (κ3) is 2.12. The van der Waals surface area contributed by atoms with E-state index in [2.05, 4.69) is 4.98 Å². The van der Waals surface area contributed by atoms with Gasteiger partial charge in [-0.2, -0.15) is 0 Å². The molecular weight excluding hydrogens is 224 g/mol. The molecule has 90 valence electrons. The smallest absolute Gasteiger partial charge is 0.277 e. The molecule has 1 aliphatic carbocycles. The second-order valence-corrected chi connectivity index (χ2v) is 4.46. The van der Waals surface area contributed by atoms with Gasteiger partial charge in [0.15, 0.2) is 0 Å². The number of hydrogen-bond donors (Lipinski definition) is 0. The Morgan fingerprint density at radius 3 is 2.39 bits per heavy atom. The molecule has 1 saturated carbocycles. The van der Waals surface area contributed by atoms with E-state index in [-0.39, 0.29) is 5.91 Å². The van der Waals surface area contributed by atoms with Gasteiger partial charge in [-0.25, -0.2) is 0 Å². The van der Waals surface area contributed by atoms with Crippen LogP contribution in [0.5, 0.6) is 0 Å². The SMILES string of the molecule is O=C(c1ccccn1)N(c1ccccc1)C1CC1. The van der Waals surface area contributed by atoms with Crippen molar-refractivity contribution in [3.8, 4) is 0 Å².